The first-order chi connectivity index (χ1) is 15.8. The summed E-state index contributed by atoms with van der Waals surface area (Å²) in [7, 11) is 0. The number of benzene rings is 2. The summed E-state index contributed by atoms with van der Waals surface area (Å²) in [6.07, 6.45) is 14.1. The number of rotatable bonds is 15. The molecule has 0 amide bonds. The Morgan fingerprint density at radius 3 is 2.00 bits per heavy atom. The van der Waals surface area contributed by atoms with Crippen LogP contribution in [0.1, 0.15) is 93.5 Å². The van der Waals surface area contributed by atoms with E-state index in [1.54, 1.807) is 0 Å². The van der Waals surface area contributed by atoms with Crippen molar-refractivity contribution < 1.29 is 9.53 Å². The van der Waals surface area contributed by atoms with Crippen LogP contribution in [0.3, 0.4) is 0 Å². The lowest BCUT2D eigenvalue weighted by molar-refractivity contribution is 0.0526. The Kier molecular flexibility index (Phi) is 13.5. The predicted octanol–water partition coefficient (Wildman–Crippen LogP) is 7.62. The Labute approximate surface area is 195 Å². The maximum Gasteiger partial charge on any atom is 0.338 e. The molecule has 172 valence electrons. The number of unbranched alkanes of at least 4 members (excludes halogenated alkanes) is 10. The molecule has 0 aliphatic carbocycles. The minimum atomic E-state index is -0.257. The van der Waals surface area contributed by atoms with Crippen LogP contribution in [-0.2, 0) is 4.74 Å². The highest BCUT2D eigenvalue weighted by molar-refractivity contribution is 5.89. The van der Waals surface area contributed by atoms with Gasteiger partial charge in [0.25, 0.3) is 0 Å². The normalized spacial score (nSPS) is 10.3. The number of anilines is 1. The van der Waals surface area contributed by atoms with Gasteiger partial charge in [0.05, 0.1) is 12.2 Å². The van der Waals surface area contributed by atoms with Crippen LogP contribution in [0.4, 0.5) is 5.69 Å². The summed E-state index contributed by atoms with van der Waals surface area (Å²) in [4.78, 5) is 11.7. The second-order valence-corrected chi connectivity index (χ2v) is 8.18. The maximum atomic E-state index is 11.7. The first-order valence-corrected chi connectivity index (χ1v) is 12.3. The first-order valence-electron chi connectivity index (χ1n) is 12.3. The SMILES string of the molecule is CCOC(=O)c1ccc(NCCCCCCCCCCCCC#Cc2ccccc2)cc1. The van der Waals surface area contributed by atoms with Crippen LogP contribution < -0.4 is 5.32 Å². The molecule has 0 radical (unpaired) electrons. The third-order valence-corrected chi connectivity index (χ3v) is 5.46. The van der Waals surface area contributed by atoms with Crippen molar-refractivity contribution in [3.8, 4) is 11.8 Å². The quantitative estimate of drug-likeness (QED) is 0.178. The van der Waals surface area contributed by atoms with Crippen LogP contribution in [0.2, 0.25) is 0 Å². The molecule has 0 bridgehead atoms. The molecule has 3 heteroatoms. The van der Waals surface area contributed by atoms with Crippen LogP contribution in [0, 0.1) is 11.8 Å². The van der Waals surface area contributed by atoms with Crippen LogP contribution >= 0.6 is 0 Å². The molecule has 0 unspecified atom stereocenters. The average molecular weight is 434 g/mol. The van der Waals surface area contributed by atoms with Gasteiger partial charge in [0.15, 0.2) is 0 Å². The van der Waals surface area contributed by atoms with Gasteiger partial charge in [-0.1, -0.05) is 81.4 Å². The fraction of sp³-hybridized carbons (Fsp3) is 0.483. The minimum absolute atomic E-state index is 0.257. The van der Waals surface area contributed by atoms with Crippen LogP contribution in [0.15, 0.2) is 54.6 Å². The number of hydrogen-bond donors (Lipinski definition) is 1. The van der Waals surface area contributed by atoms with Gasteiger partial charge < -0.3 is 10.1 Å². The molecule has 0 saturated carbocycles. The number of esters is 1. The summed E-state index contributed by atoms with van der Waals surface area (Å²) in [6.45, 7) is 3.20. The fourth-order valence-corrected chi connectivity index (χ4v) is 3.61. The highest BCUT2D eigenvalue weighted by Crippen LogP contribution is 2.13. The van der Waals surface area contributed by atoms with E-state index in [2.05, 4.69) is 29.3 Å². The number of carbonyl (C=O) groups excluding carboxylic acids is 1. The highest BCUT2D eigenvalue weighted by atomic mass is 16.5. The van der Waals surface area contributed by atoms with E-state index >= 15 is 0 Å². The molecule has 0 aliphatic rings. The third-order valence-electron chi connectivity index (χ3n) is 5.46. The summed E-state index contributed by atoms with van der Waals surface area (Å²) in [6, 6.07) is 17.8. The van der Waals surface area contributed by atoms with Gasteiger partial charge in [0, 0.05) is 24.2 Å². The highest BCUT2D eigenvalue weighted by Gasteiger charge is 2.05. The Balaban J connectivity index is 1.36. The Morgan fingerprint density at radius 2 is 1.38 bits per heavy atom. The van der Waals surface area contributed by atoms with Gasteiger partial charge in [-0.3, -0.25) is 0 Å². The number of carbonyl (C=O) groups is 1. The summed E-state index contributed by atoms with van der Waals surface area (Å²) < 4.78 is 5.00. The largest absolute Gasteiger partial charge is 0.462 e. The zero-order chi connectivity index (χ0) is 22.7. The fourth-order valence-electron chi connectivity index (χ4n) is 3.61. The van der Waals surface area contributed by atoms with Crippen molar-refractivity contribution in [1.82, 2.24) is 0 Å². The van der Waals surface area contributed by atoms with Crippen LogP contribution in [0.5, 0.6) is 0 Å². The molecule has 3 nitrogen and oxygen atoms in total. The van der Waals surface area contributed by atoms with Gasteiger partial charge >= 0.3 is 5.97 Å². The molecule has 0 heterocycles. The monoisotopic (exact) mass is 433 g/mol. The van der Waals surface area contributed by atoms with E-state index in [-0.39, 0.29) is 5.97 Å². The summed E-state index contributed by atoms with van der Waals surface area (Å²) >= 11 is 0. The van der Waals surface area contributed by atoms with Crippen molar-refractivity contribution in [2.24, 2.45) is 0 Å². The van der Waals surface area contributed by atoms with E-state index in [0.29, 0.717) is 12.2 Å². The molecule has 0 aliphatic heterocycles. The first kappa shape index (κ1) is 25.5. The second kappa shape index (κ2) is 16.9. The Hall–Kier alpha value is -2.73. The molecule has 0 atom stereocenters. The van der Waals surface area contributed by atoms with E-state index in [4.69, 9.17) is 4.74 Å². The molecule has 0 spiro atoms. The van der Waals surface area contributed by atoms with Crippen LogP contribution in [0.25, 0.3) is 0 Å². The Bertz CT molecular complexity index is 803. The van der Waals surface area contributed by atoms with Gasteiger partial charge in [0.2, 0.25) is 0 Å². The van der Waals surface area contributed by atoms with Gasteiger partial charge in [-0.2, -0.15) is 0 Å². The molecule has 2 rings (SSSR count). The van der Waals surface area contributed by atoms with Crippen molar-refractivity contribution in [3.05, 3.63) is 65.7 Å². The molecule has 0 fully saturated rings. The van der Waals surface area contributed by atoms with Gasteiger partial charge in [-0.05, 0) is 56.2 Å². The maximum absolute atomic E-state index is 11.7. The van der Waals surface area contributed by atoms with Crippen molar-refractivity contribution in [2.75, 3.05) is 18.5 Å². The number of hydrogen-bond acceptors (Lipinski definition) is 3. The van der Waals surface area contributed by atoms with Gasteiger partial charge in [-0.15, -0.1) is 0 Å². The molecule has 32 heavy (non-hydrogen) atoms. The van der Waals surface area contributed by atoms with E-state index in [1.807, 2.05) is 49.4 Å². The summed E-state index contributed by atoms with van der Waals surface area (Å²) in [5.74, 6) is 6.26. The topological polar surface area (TPSA) is 38.3 Å². The molecule has 2 aromatic carbocycles. The smallest absolute Gasteiger partial charge is 0.338 e. The van der Waals surface area contributed by atoms with E-state index < -0.39 is 0 Å². The van der Waals surface area contributed by atoms with Crippen molar-refractivity contribution in [1.29, 1.82) is 0 Å². The van der Waals surface area contributed by atoms with Gasteiger partial charge in [-0.25, -0.2) is 4.79 Å². The second-order valence-electron chi connectivity index (χ2n) is 8.18. The molecule has 1 N–H and O–H groups in total. The van der Waals surface area contributed by atoms with Crippen molar-refractivity contribution >= 4 is 11.7 Å². The Morgan fingerprint density at radius 1 is 0.781 bits per heavy atom. The molecule has 0 aromatic heterocycles. The average Bonchev–Trinajstić information content (AvgIpc) is 2.82. The zero-order valence-electron chi connectivity index (χ0n) is 19.7. The van der Waals surface area contributed by atoms with Crippen LogP contribution in [-0.4, -0.2) is 19.1 Å². The molecular formula is C29H39NO2. The minimum Gasteiger partial charge on any atom is -0.462 e. The van der Waals surface area contributed by atoms with Crippen molar-refractivity contribution in [2.45, 2.75) is 77.6 Å². The molecular weight excluding hydrogens is 394 g/mol. The van der Waals surface area contributed by atoms with Gasteiger partial charge in [0.1, 0.15) is 0 Å². The lowest BCUT2D eigenvalue weighted by atomic mass is 10.1. The third kappa shape index (κ3) is 11.6. The predicted molar refractivity (Wildman–Crippen MR) is 135 cm³/mol. The summed E-state index contributed by atoms with van der Waals surface area (Å²) in [5.41, 5.74) is 2.78. The zero-order valence-corrected chi connectivity index (χ0v) is 19.7. The standard InChI is InChI=1S/C29H39NO2/c1-2-32-29(31)27-21-23-28(24-22-27)30-25-17-12-10-8-6-4-3-5-7-9-11-14-18-26-19-15-13-16-20-26/h13,15-16,19-24,30H,2-12,17,25H2,1H3. The lowest BCUT2D eigenvalue weighted by Crippen LogP contribution is -2.05. The lowest BCUT2D eigenvalue weighted by Gasteiger charge is -2.07. The number of ether oxygens (including phenoxy) is 1. The number of nitrogens with one attached hydrogen (secondary N) is 1. The van der Waals surface area contributed by atoms with E-state index in [0.717, 1.165) is 24.2 Å². The van der Waals surface area contributed by atoms with E-state index in [9.17, 15) is 4.79 Å². The summed E-state index contributed by atoms with van der Waals surface area (Å²) in [5, 5.41) is 3.43. The molecule has 2 aromatic rings. The van der Waals surface area contributed by atoms with Crippen molar-refractivity contribution in [3.63, 3.8) is 0 Å². The molecule has 0 saturated heterocycles. The van der Waals surface area contributed by atoms with E-state index in [1.165, 1.54) is 64.2 Å².